The molecule has 7 heteroatoms. The van der Waals surface area contributed by atoms with E-state index in [0.717, 1.165) is 42.4 Å². The van der Waals surface area contributed by atoms with Crippen molar-refractivity contribution in [1.29, 1.82) is 0 Å². The van der Waals surface area contributed by atoms with E-state index in [2.05, 4.69) is 10.6 Å². The largest absolute Gasteiger partial charge is 0.444 e. The number of hydrogen-bond donors (Lipinski definition) is 2. The van der Waals surface area contributed by atoms with E-state index in [1.165, 1.54) is 6.42 Å². The van der Waals surface area contributed by atoms with E-state index in [1.807, 2.05) is 39.0 Å². The molecule has 1 aliphatic carbocycles. The Morgan fingerprint density at radius 3 is 2.18 bits per heavy atom. The number of hydrogen-bond acceptors (Lipinski definition) is 4. The highest BCUT2D eigenvalue weighted by Crippen LogP contribution is 2.29. The molecule has 0 radical (unpaired) electrons. The predicted molar refractivity (Wildman–Crippen MR) is 130 cm³/mol. The molecule has 0 aliphatic heterocycles. The number of nitrogens with zero attached hydrogens (tertiary/aromatic N) is 1. The molecule has 2 N–H and O–H groups in total. The lowest BCUT2D eigenvalue weighted by Crippen LogP contribution is -2.53. The maximum Gasteiger partial charge on any atom is 0.408 e. The fourth-order valence-electron chi connectivity index (χ4n) is 4.47. The molecule has 0 spiro atoms. The van der Waals surface area contributed by atoms with Gasteiger partial charge in [-0.2, -0.15) is 0 Å². The number of carbonyl (C=O) groups is 3. The van der Waals surface area contributed by atoms with Gasteiger partial charge in [-0.15, -0.1) is 0 Å². The molecule has 1 aromatic rings. The summed E-state index contributed by atoms with van der Waals surface area (Å²) < 4.78 is 5.30. The SMILES string of the molecule is CCN(C(=O)C(C)NC(=O)OC(C)(C)C)C(C(=O)NC1CCCCC1)c1c(C)cccc1C. The number of amides is 3. The molecule has 1 saturated carbocycles. The van der Waals surface area contributed by atoms with Crippen molar-refractivity contribution in [2.75, 3.05) is 6.54 Å². The summed E-state index contributed by atoms with van der Waals surface area (Å²) in [4.78, 5) is 40.9. The van der Waals surface area contributed by atoms with E-state index < -0.39 is 23.8 Å². The first kappa shape index (κ1) is 26.7. The van der Waals surface area contributed by atoms with E-state index in [1.54, 1.807) is 32.6 Å². The van der Waals surface area contributed by atoms with Gasteiger partial charge in [0.1, 0.15) is 17.7 Å². The Labute approximate surface area is 198 Å². The van der Waals surface area contributed by atoms with Crippen molar-refractivity contribution in [3.63, 3.8) is 0 Å². The Balaban J connectivity index is 2.33. The highest BCUT2D eigenvalue weighted by molar-refractivity contribution is 5.92. The number of nitrogens with one attached hydrogen (secondary N) is 2. The maximum atomic E-state index is 13.6. The first-order valence-electron chi connectivity index (χ1n) is 12.1. The van der Waals surface area contributed by atoms with Crippen LogP contribution in [0.3, 0.4) is 0 Å². The van der Waals surface area contributed by atoms with Crippen LogP contribution in [0.25, 0.3) is 0 Å². The number of likely N-dealkylation sites (N-methyl/N-ethyl adjacent to an activating group) is 1. The molecule has 1 fully saturated rings. The highest BCUT2D eigenvalue weighted by atomic mass is 16.6. The summed E-state index contributed by atoms with van der Waals surface area (Å²) in [5.74, 6) is -0.492. The Bertz CT molecular complexity index is 820. The minimum Gasteiger partial charge on any atom is -0.444 e. The lowest BCUT2D eigenvalue weighted by atomic mass is 9.92. The number of alkyl carbamates (subject to hydrolysis) is 1. The van der Waals surface area contributed by atoms with Gasteiger partial charge in [0, 0.05) is 12.6 Å². The molecule has 1 aliphatic rings. The van der Waals surface area contributed by atoms with Crippen molar-refractivity contribution >= 4 is 17.9 Å². The third kappa shape index (κ3) is 7.47. The molecule has 0 aromatic heterocycles. The molecule has 2 unspecified atom stereocenters. The van der Waals surface area contributed by atoms with Crippen molar-refractivity contribution in [1.82, 2.24) is 15.5 Å². The second-order valence-electron chi connectivity index (χ2n) is 10.0. The molecular weight excluding hydrogens is 418 g/mol. The van der Waals surface area contributed by atoms with Gasteiger partial charge in [-0.25, -0.2) is 4.79 Å². The first-order chi connectivity index (χ1) is 15.4. The number of carbonyl (C=O) groups excluding carboxylic acids is 3. The number of rotatable bonds is 7. The van der Waals surface area contributed by atoms with Crippen LogP contribution in [0.2, 0.25) is 0 Å². The van der Waals surface area contributed by atoms with Crippen LogP contribution < -0.4 is 10.6 Å². The van der Waals surface area contributed by atoms with Crippen molar-refractivity contribution < 1.29 is 19.1 Å². The Hall–Kier alpha value is -2.57. The zero-order chi connectivity index (χ0) is 24.8. The topological polar surface area (TPSA) is 87.7 Å². The van der Waals surface area contributed by atoms with Crippen LogP contribution >= 0.6 is 0 Å². The fraction of sp³-hybridized carbons (Fsp3) is 0.654. The average molecular weight is 460 g/mol. The summed E-state index contributed by atoms with van der Waals surface area (Å²) in [6, 6.07) is 4.40. The third-order valence-electron chi connectivity index (χ3n) is 6.05. The van der Waals surface area contributed by atoms with Crippen LogP contribution in [0.4, 0.5) is 4.79 Å². The van der Waals surface area contributed by atoms with Crippen LogP contribution in [0, 0.1) is 13.8 Å². The van der Waals surface area contributed by atoms with E-state index in [-0.39, 0.29) is 17.9 Å². The lowest BCUT2D eigenvalue weighted by molar-refractivity contribution is -0.142. The zero-order valence-electron chi connectivity index (χ0n) is 21.3. The second kappa shape index (κ2) is 11.5. The molecular formula is C26H41N3O4. The standard InChI is InChI=1S/C26H41N3O4/c1-8-29(24(31)19(4)27-25(32)33-26(5,6)7)22(21-17(2)13-12-14-18(21)3)23(30)28-20-15-10-9-11-16-20/h12-14,19-20,22H,8-11,15-16H2,1-7H3,(H,27,32)(H,28,30). The predicted octanol–water partition coefficient (Wildman–Crippen LogP) is 4.56. The highest BCUT2D eigenvalue weighted by Gasteiger charge is 2.36. The van der Waals surface area contributed by atoms with Gasteiger partial charge < -0.3 is 20.3 Å². The van der Waals surface area contributed by atoms with Crippen molar-refractivity contribution in [2.45, 2.75) is 104 Å². The maximum absolute atomic E-state index is 13.6. The summed E-state index contributed by atoms with van der Waals surface area (Å²) >= 11 is 0. The summed E-state index contributed by atoms with van der Waals surface area (Å²) in [5.41, 5.74) is 2.08. The van der Waals surface area contributed by atoms with Crippen molar-refractivity contribution in [3.05, 3.63) is 34.9 Å². The molecule has 3 amide bonds. The van der Waals surface area contributed by atoms with Gasteiger partial charge in [-0.1, -0.05) is 37.5 Å². The summed E-state index contributed by atoms with van der Waals surface area (Å²) in [6.45, 7) is 13.0. The molecule has 2 rings (SSSR count). The summed E-state index contributed by atoms with van der Waals surface area (Å²) in [6.07, 6.45) is 4.66. The Morgan fingerprint density at radius 2 is 1.67 bits per heavy atom. The molecule has 0 bridgehead atoms. The van der Waals surface area contributed by atoms with E-state index >= 15 is 0 Å². The number of ether oxygens (including phenoxy) is 1. The third-order valence-corrected chi connectivity index (χ3v) is 6.05. The van der Waals surface area contributed by atoms with Crippen molar-refractivity contribution in [2.24, 2.45) is 0 Å². The van der Waals surface area contributed by atoms with Crippen molar-refractivity contribution in [3.8, 4) is 0 Å². The van der Waals surface area contributed by atoms with Gasteiger partial charge in [0.2, 0.25) is 11.8 Å². The van der Waals surface area contributed by atoms with E-state index in [4.69, 9.17) is 4.74 Å². The van der Waals surface area contributed by atoms with Crippen LogP contribution in [0.15, 0.2) is 18.2 Å². The van der Waals surface area contributed by atoms with Gasteiger partial charge in [0.25, 0.3) is 0 Å². The van der Waals surface area contributed by atoms with Crippen LogP contribution in [-0.2, 0) is 14.3 Å². The minimum absolute atomic E-state index is 0.129. The van der Waals surface area contributed by atoms with Gasteiger partial charge >= 0.3 is 6.09 Å². The molecule has 0 saturated heterocycles. The average Bonchev–Trinajstić information content (AvgIpc) is 2.71. The minimum atomic E-state index is -0.839. The molecule has 2 atom stereocenters. The zero-order valence-corrected chi connectivity index (χ0v) is 21.3. The van der Waals surface area contributed by atoms with Gasteiger partial charge in [-0.3, -0.25) is 9.59 Å². The molecule has 1 aromatic carbocycles. The molecule has 184 valence electrons. The van der Waals surface area contributed by atoms with Gasteiger partial charge in [-0.05, 0) is 78.0 Å². The molecule has 7 nitrogen and oxygen atoms in total. The monoisotopic (exact) mass is 459 g/mol. The molecule has 0 heterocycles. The quantitative estimate of drug-likeness (QED) is 0.626. The molecule has 33 heavy (non-hydrogen) atoms. The second-order valence-corrected chi connectivity index (χ2v) is 10.0. The van der Waals surface area contributed by atoms with Crippen LogP contribution in [0.1, 0.15) is 89.5 Å². The smallest absolute Gasteiger partial charge is 0.408 e. The summed E-state index contributed by atoms with van der Waals surface area (Å²) in [5, 5.41) is 5.83. The van der Waals surface area contributed by atoms with Crippen LogP contribution in [-0.4, -0.2) is 47.0 Å². The van der Waals surface area contributed by atoms with E-state index in [9.17, 15) is 14.4 Å². The Kier molecular flexibility index (Phi) is 9.32. The van der Waals surface area contributed by atoms with Gasteiger partial charge in [0.15, 0.2) is 0 Å². The first-order valence-corrected chi connectivity index (χ1v) is 12.1. The normalized spacial score (nSPS) is 16.5. The van der Waals surface area contributed by atoms with Gasteiger partial charge in [0.05, 0.1) is 0 Å². The lowest BCUT2D eigenvalue weighted by Gasteiger charge is -2.35. The summed E-state index contributed by atoms with van der Waals surface area (Å²) in [7, 11) is 0. The Morgan fingerprint density at radius 1 is 1.09 bits per heavy atom. The van der Waals surface area contributed by atoms with Crippen LogP contribution in [0.5, 0.6) is 0 Å². The number of benzene rings is 1. The number of aryl methyl sites for hydroxylation is 2. The van der Waals surface area contributed by atoms with E-state index in [0.29, 0.717) is 6.54 Å². The fourth-order valence-corrected chi connectivity index (χ4v) is 4.47.